The van der Waals surface area contributed by atoms with Gasteiger partial charge in [0.15, 0.2) is 0 Å². The van der Waals surface area contributed by atoms with Crippen LogP contribution in [0.1, 0.15) is 68.9 Å². The highest BCUT2D eigenvalue weighted by atomic mass is 16.2. The third kappa shape index (κ3) is 2.70. The molecular weight excluding hydrogens is 286 g/mol. The molecule has 4 fully saturated rings. The Morgan fingerprint density at radius 1 is 1.26 bits per heavy atom. The van der Waals surface area contributed by atoms with Crippen molar-refractivity contribution < 1.29 is 9.36 Å². The Balaban J connectivity index is 1.53. The predicted octanol–water partition coefficient (Wildman–Crippen LogP) is 2.81. The third-order valence-electron chi connectivity index (χ3n) is 6.45. The molecule has 1 aromatic rings. The summed E-state index contributed by atoms with van der Waals surface area (Å²) in [5, 5.41) is 3.50. The van der Waals surface area contributed by atoms with Crippen molar-refractivity contribution in [3.63, 3.8) is 0 Å². The first-order chi connectivity index (χ1) is 11.1. The van der Waals surface area contributed by atoms with Crippen molar-refractivity contribution in [2.24, 2.45) is 24.8 Å². The molecule has 1 amide bonds. The molecule has 4 heteroatoms. The van der Waals surface area contributed by atoms with Gasteiger partial charge in [-0.1, -0.05) is 13.3 Å². The highest BCUT2D eigenvalue weighted by molar-refractivity contribution is 5.90. The van der Waals surface area contributed by atoms with Gasteiger partial charge in [-0.3, -0.25) is 4.79 Å². The quantitative estimate of drug-likeness (QED) is 0.834. The van der Waals surface area contributed by atoms with E-state index in [2.05, 4.69) is 16.8 Å². The van der Waals surface area contributed by atoms with Crippen molar-refractivity contribution in [3.05, 3.63) is 18.2 Å². The van der Waals surface area contributed by atoms with Crippen LogP contribution in [0.15, 0.2) is 12.4 Å². The summed E-state index contributed by atoms with van der Waals surface area (Å²) in [6.45, 7) is 3.12. The van der Waals surface area contributed by atoms with Gasteiger partial charge in [-0.2, -0.15) is 0 Å². The first kappa shape index (κ1) is 15.2. The van der Waals surface area contributed by atoms with Gasteiger partial charge in [0.1, 0.15) is 12.4 Å². The van der Waals surface area contributed by atoms with Crippen LogP contribution in [0, 0.1) is 17.8 Å². The molecule has 0 radical (unpaired) electrons. The summed E-state index contributed by atoms with van der Waals surface area (Å²) in [5.74, 6) is 3.54. The summed E-state index contributed by atoms with van der Waals surface area (Å²) in [6.07, 6.45) is 14.2. The molecule has 1 heterocycles. The molecule has 4 saturated carbocycles. The maximum atomic E-state index is 13.0. The van der Waals surface area contributed by atoms with E-state index in [1.54, 1.807) is 0 Å². The lowest BCUT2D eigenvalue weighted by atomic mass is 9.53. The number of amides is 1. The van der Waals surface area contributed by atoms with E-state index in [1.165, 1.54) is 38.5 Å². The standard InChI is InChI=1S/C19H29N3O/c1-3-4-5-22-7-6-21(2)18(22)17(23)20-19-11-14-8-15(12-19)10-16(9-14)13-19/h6-7,14-16H,3-5,8-13H2,1-2H3/p+1. The molecule has 4 nitrogen and oxygen atoms in total. The monoisotopic (exact) mass is 316 g/mol. The Labute approximate surface area is 139 Å². The van der Waals surface area contributed by atoms with E-state index in [4.69, 9.17) is 0 Å². The maximum Gasteiger partial charge on any atom is 0.347 e. The minimum Gasteiger partial charge on any atom is -0.340 e. The van der Waals surface area contributed by atoms with Gasteiger partial charge in [0.2, 0.25) is 0 Å². The van der Waals surface area contributed by atoms with Crippen molar-refractivity contribution in [2.45, 2.75) is 70.4 Å². The van der Waals surface area contributed by atoms with Crippen LogP contribution in [0.2, 0.25) is 0 Å². The topological polar surface area (TPSA) is 37.9 Å². The van der Waals surface area contributed by atoms with Crippen molar-refractivity contribution in [1.82, 2.24) is 9.88 Å². The largest absolute Gasteiger partial charge is 0.347 e. The number of hydrogen-bond donors (Lipinski definition) is 1. The number of aromatic nitrogens is 2. The average molecular weight is 316 g/mol. The lowest BCUT2D eigenvalue weighted by molar-refractivity contribution is -0.673. The van der Waals surface area contributed by atoms with Crippen LogP contribution in [0.25, 0.3) is 0 Å². The van der Waals surface area contributed by atoms with Crippen LogP contribution >= 0.6 is 0 Å². The first-order valence-corrected chi connectivity index (χ1v) is 9.46. The number of carbonyl (C=O) groups excluding carboxylic acids is 1. The van der Waals surface area contributed by atoms with E-state index >= 15 is 0 Å². The molecule has 4 bridgehead atoms. The fourth-order valence-electron chi connectivity index (χ4n) is 5.88. The second-order valence-corrected chi connectivity index (χ2v) is 8.43. The van der Waals surface area contributed by atoms with Crippen LogP contribution in [-0.2, 0) is 13.6 Å². The lowest BCUT2D eigenvalue weighted by Crippen LogP contribution is -2.61. The van der Waals surface area contributed by atoms with E-state index in [9.17, 15) is 4.79 Å². The molecule has 5 rings (SSSR count). The number of hydrogen-bond acceptors (Lipinski definition) is 1. The highest BCUT2D eigenvalue weighted by Crippen LogP contribution is 2.55. The summed E-state index contributed by atoms with van der Waals surface area (Å²) in [4.78, 5) is 13.0. The fourth-order valence-corrected chi connectivity index (χ4v) is 5.88. The zero-order chi connectivity index (χ0) is 16.0. The van der Waals surface area contributed by atoms with E-state index in [-0.39, 0.29) is 11.4 Å². The van der Waals surface area contributed by atoms with Crippen molar-refractivity contribution in [3.8, 4) is 0 Å². The number of unbranched alkanes of at least 4 members (excludes halogenated alkanes) is 1. The summed E-state index contributed by atoms with van der Waals surface area (Å²) >= 11 is 0. The molecule has 0 aliphatic heterocycles. The molecule has 0 saturated heterocycles. The molecular formula is C19H30N3O+. The molecule has 23 heavy (non-hydrogen) atoms. The SMILES string of the molecule is CCCCn1cc[n+](C)c1C(=O)NC12CC3CC(CC(C3)C1)C2. The summed E-state index contributed by atoms with van der Waals surface area (Å²) in [6, 6.07) is 0. The normalized spacial score (nSPS) is 34.8. The van der Waals surface area contributed by atoms with Crippen LogP contribution in [0.4, 0.5) is 0 Å². The number of carbonyl (C=O) groups is 1. The number of rotatable bonds is 5. The molecule has 126 valence electrons. The second kappa shape index (κ2) is 5.64. The van der Waals surface area contributed by atoms with E-state index in [0.29, 0.717) is 0 Å². The van der Waals surface area contributed by atoms with Crippen LogP contribution < -0.4 is 9.88 Å². The highest BCUT2D eigenvalue weighted by Gasteiger charge is 2.52. The number of imidazole rings is 1. The second-order valence-electron chi connectivity index (χ2n) is 8.43. The van der Waals surface area contributed by atoms with Gasteiger partial charge in [0.05, 0.1) is 13.6 Å². The zero-order valence-corrected chi connectivity index (χ0v) is 14.6. The molecule has 4 aliphatic carbocycles. The van der Waals surface area contributed by atoms with Crippen LogP contribution in [0.3, 0.4) is 0 Å². The van der Waals surface area contributed by atoms with Crippen LogP contribution in [-0.4, -0.2) is 16.0 Å². The van der Waals surface area contributed by atoms with Gasteiger partial charge in [0, 0.05) is 5.54 Å². The smallest absolute Gasteiger partial charge is 0.340 e. The van der Waals surface area contributed by atoms with Gasteiger partial charge in [-0.15, -0.1) is 0 Å². The number of nitrogens with zero attached hydrogens (tertiary/aromatic N) is 2. The predicted molar refractivity (Wildman–Crippen MR) is 88.9 cm³/mol. The Bertz CT molecular complexity index is 568. The van der Waals surface area contributed by atoms with Gasteiger partial charge < -0.3 is 5.32 Å². The number of aryl methyl sites for hydroxylation is 2. The van der Waals surface area contributed by atoms with Gasteiger partial charge in [-0.25, -0.2) is 9.13 Å². The summed E-state index contributed by atoms with van der Waals surface area (Å²) in [7, 11) is 1.98. The Kier molecular flexibility index (Phi) is 3.73. The van der Waals surface area contributed by atoms with Gasteiger partial charge >= 0.3 is 11.7 Å². The molecule has 0 aromatic carbocycles. The molecule has 1 aromatic heterocycles. The Hall–Kier alpha value is -1.32. The van der Waals surface area contributed by atoms with E-state index in [0.717, 1.165) is 43.0 Å². The van der Waals surface area contributed by atoms with E-state index in [1.807, 2.05) is 24.0 Å². The summed E-state index contributed by atoms with van der Waals surface area (Å²) in [5.41, 5.74) is 0.0959. The molecule has 1 N–H and O–H groups in total. The summed E-state index contributed by atoms with van der Waals surface area (Å²) < 4.78 is 4.10. The Morgan fingerprint density at radius 3 is 2.43 bits per heavy atom. The Morgan fingerprint density at radius 2 is 1.87 bits per heavy atom. The molecule has 0 atom stereocenters. The number of nitrogens with one attached hydrogen (secondary N) is 1. The minimum atomic E-state index is 0.0959. The lowest BCUT2D eigenvalue weighted by Gasteiger charge is -2.56. The minimum absolute atomic E-state index is 0.0959. The maximum absolute atomic E-state index is 13.0. The van der Waals surface area contributed by atoms with Gasteiger partial charge in [0.25, 0.3) is 0 Å². The van der Waals surface area contributed by atoms with Crippen molar-refractivity contribution >= 4 is 5.91 Å². The third-order valence-corrected chi connectivity index (χ3v) is 6.45. The molecule has 0 unspecified atom stereocenters. The fraction of sp³-hybridized carbons (Fsp3) is 0.789. The molecule has 4 aliphatic rings. The first-order valence-electron chi connectivity index (χ1n) is 9.46. The molecule has 0 spiro atoms. The van der Waals surface area contributed by atoms with Crippen LogP contribution in [0.5, 0.6) is 0 Å². The average Bonchev–Trinajstić information content (AvgIpc) is 2.84. The zero-order valence-electron chi connectivity index (χ0n) is 14.6. The van der Waals surface area contributed by atoms with Crippen molar-refractivity contribution in [1.29, 1.82) is 0 Å². The van der Waals surface area contributed by atoms with Crippen molar-refractivity contribution in [2.75, 3.05) is 0 Å². The van der Waals surface area contributed by atoms with E-state index < -0.39 is 0 Å². The van der Waals surface area contributed by atoms with Gasteiger partial charge in [-0.05, 0) is 62.7 Å².